The number of nitrogens with zero attached hydrogens (tertiary/aromatic N) is 3. The number of hydrogen-bond acceptors (Lipinski definition) is 2. The van der Waals surface area contributed by atoms with Gasteiger partial charge in [0.1, 0.15) is 0 Å². The molecule has 2 fully saturated rings. The summed E-state index contributed by atoms with van der Waals surface area (Å²) in [6.45, 7) is 5.17. The Morgan fingerprint density at radius 1 is 1.21 bits per heavy atom. The summed E-state index contributed by atoms with van der Waals surface area (Å²) >= 11 is 0. The minimum absolute atomic E-state index is 0.171. The number of aromatic nitrogens is 2. The van der Waals surface area contributed by atoms with Crippen molar-refractivity contribution in [1.82, 2.24) is 14.7 Å². The summed E-state index contributed by atoms with van der Waals surface area (Å²) in [7, 11) is 1.93. The van der Waals surface area contributed by atoms with Crippen LogP contribution in [0.4, 0.5) is 0 Å². The predicted octanol–water partition coefficient (Wildman–Crippen LogP) is 3.50. The summed E-state index contributed by atoms with van der Waals surface area (Å²) in [5.74, 6) is 0.918. The summed E-state index contributed by atoms with van der Waals surface area (Å²) < 4.78 is 1.82. The molecule has 1 aliphatic heterocycles. The number of rotatable bonds is 3. The van der Waals surface area contributed by atoms with Gasteiger partial charge in [-0.1, -0.05) is 18.2 Å². The third kappa shape index (κ3) is 2.64. The van der Waals surface area contributed by atoms with Crippen LogP contribution in [0.3, 0.4) is 0 Å². The zero-order chi connectivity index (χ0) is 16.8. The van der Waals surface area contributed by atoms with Crippen LogP contribution in [0.5, 0.6) is 0 Å². The zero-order valence-corrected chi connectivity index (χ0v) is 14.7. The second-order valence-electron chi connectivity index (χ2n) is 7.43. The van der Waals surface area contributed by atoms with Gasteiger partial charge in [-0.3, -0.25) is 9.48 Å². The van der Waals surface area contributed by atoms with Crippen LogP contribution < -0.4 is 0 Å². The molecule has 1 amide bonds. The molecule has 4 nitrogen and oxygen atoms in total. The third-order valence-electron chi connectivity index (χ3n) is 5.71. The van der Waals surface area contributed by atoms with Gasteiger partial charge in [0, 0.05) is 31.3 Å². The summed E-state index contributed by atoms with van der Waals surface area (Å²) in [5.41, 5.74) is 5.14. The maximum Gasteiger partial charge on any atom is 0.226 e. The lowest BCUT2D eigenvalue weighted by atomic mass is 10.0. The number of aryl methyl sites for hydroxylation is 3. The van der Waals surface area contributed by atoms with E-state index in [1.54, 1.807) is 0 Å². The summed E-state index contributed by atoms with van der Waals surface area (Å²) in [6.07, 6.45) is 7.09. The molecule has 24 heavy (non-hydrogen) atoms. The quantitative estimate of drug-likeness (QED) is 0.867. The maximum absolute atomic E-state index is 13.0. The molecule has 0 bridgehead atoms. The molecule has 2 heterocycles. The van der Waals surface area contributed by atoms with Crippen molar-refractivity contribution in [2.75, 3.05) is 6.54 Å². The summed E-state index contributed by atoms with van der Waals surface area (Å²) in [4.78, 5) is 15.1. The normalized spacial score (nSPS) is 26.0. The Morgan fingerprint density at radius 2 is 2.04 bits per heavy atom. The van der Waals surface area contributed by atoms with E-state index < -0.39 is 0 Å². The first-order valence-corrected chi connectivity index (χ1v) is 8.91. The highest BCUT2D eigenvalue weighted by Gasteiger charge is 2.47. The van der Waals surface area contributed by atoms with Gasteiger partial charge >= 0.3 is 0 Å². The predicted molar refractivity (Wildman–Crippen MR) is 93.7 cm³/mol. The zero-order valence-electron chi connectivity index (χ0n) is 14.7. The molecule has 1 aliphatic carbocycles. The largest absolute Gasteiger partial charge is 0.335 e. The molecular weight excluding hydrogens is 298 g/mol. The van der Waals surface area contributed by atoms with E-state index in [1.807, 2.05) is 24.1 Å². The van der Waals surface area contributed by atoms with Gasteiger partial charge in [0.2, 0.25) is 5.91 Å². The van der Waals surface area contributed by atoms with Crippen LogP contribution in [-0.2, 0) is 11.8 Å². The van der Waals surface area contributed by atoms with E-state index in [2.05, 4.69) is 42.0 Å². The lowest BCUT2D eigenvalue weighted by Crippen LogP contribution is -2.32. The van der Waals surface area contributed by atoms with Gasteiger partial charge in [0.05, 0.1) is 12.2 Å². The van der Waals surface area contributed by atoms with Crippen LogP contribution in [0.1, 0.15) is 53.5 Å². The highest BCUT2D eigenvalue weighted by molar-refractivity contribution is 5.83. The average Bonchev–Trinajstić information content (AvgIpc) is 2.99. The van der Waals surface area contributed by atoms with E-state index in [-0.39, 0.29) is 12.0 Å². The van der Waals surface area contributed by atoms with E-state index >= 15 is 0 Å². The second-order valence-corrected chi connectivity index (χ2v) is 7.43. The van der Waals surface area contributed by atoms with Crippen LogP contribution in [0.2, 0.25) is 0 Å². The lowest BCUT2D eigenvalue weighted by molar-refractivity contribution is -0.133. The standard InChI is InChI=1S/C20H25N3O/c1-13-6-7-15(9-14(13)2)17-10-18(17)20(24)23-8-4-5-19(23)16-11-21-22(3)12-16/h6-7,9,11-12,17-19H,4-5,8,10H2,1-3H3/t17-,18+,19+/m0/s1. The molecule has 0 spiro atoms. The molecule has 3 atom stereocenters. The summed E-state index contributed by atoms with van der Waals surface area (Å²) in [6, 6.07) is 6.85. The Bertz CT molecular complexity index is 779. The van der Waals surface area contributed by atoms with E-state index in [0.717, 1.165) is 25.8 Å². The Kier molecular flexibility index (Phi) is 3.70. The van der Waals surface area contributed by atoms with Crippen LogP contribution >= 0.6 is 0 Å². The van der Waals surface area contributed by atoms with E-state index in [0.29, 0.717) is 11.8 Å². The van der Waals surface area contributed by atoms with Crippen molar-refractivity contribution < 1.29 is 4.79 Å². The minimum atomic E-state index is 0.171. The van der Waals surface area contributed by atoms with Gasteiger partial charge < -0.3 is 4.90 Å². The van der Waals surface area contributed by atoms with Gasteiger partial charge in [-0.15, -0.1) is 0 Å². The number of likely N-dealkylation sites (tertiary alicyclic amines) is 1. The molecule has 2 aliphatic rings. The fourth-order valence-electron chi connectivity index (χ4n) is 4.03. The summed E-state index contributed by atoms with van der Waals surface area (Å²) in [5, 5.41) is 4.27. The molecule has 1 saturated heterocycles. The van der Waals surface area contributed by atoms with Crippen molar-refractivity contribution in [1.29, 1.82) is 0 Å². The SMILES string of the molecule is Cc1ccc([C@@H]2C[C@H]2C(=O)N2CCC[C@@H]2c2cnn(C)c2)cc1C. The Balaban J connectivity index is 1.49. The number of benzene rings is 1. The van der Waals surface area contributed by atoms with E-state index in [9.17, 15) is 4.79 Å². The van der Waals surface area contributed by atoms with Crippen LogP contribution in [-0.4, -0.2) is 27.1 Å². The lowest BCUT2D eigenvalue weighted by Gasteiger charge is -2.24. The molecule has 1 aromatic heterocycles. The average molecular weight is 323 g/mol. The molecule has 0 radical (unpaired) electrons. The minimum Gasteiger partial charge on any atom is -0.335 e. The number of amides is 1. The second kappa shape index (κ2) is 5.76. The molecule has 4 rings (SSSR count). The van der Waals surface area contributed by atoms with Crippen LogP contribution in [0, 0.1) is 19.8 Å². The van der Waals surface area contributed by atoms with Gasteiger partial charge in [-0.05, 0) is 55.7 Å². The number of carbonyl (C=O) groups excluding carboxylic acids is 1. The fourth-order valence-corrected chi connectivity index (χ4v) is 4.03. The van der Waals surface area contributed by atoms with Gasteiger partial charge in [-0.25, -0.2) is 0 Å². The Morgan fingerprint density at radius 3 is 2.75 bits per heavy atom. The van der Waals surface area contributed by atoms with Crippen molar-refractivity contribution >= 4 is 5.91 Å². The topological polar surface area (TPSA) is 38.1 Å². The van der Waals surface area contributed by atoms with Crippen molar-refractivity contribution in [2.24, 2.45) is 13.0 Å². The smallest absolute Gasteiger partial charge is 0.226 e. The van der Waals surface area contributed by atoms with E-state index in [4.69, 9.17) is 0 Å². The van der Waals surface area contributed by atoms with Crippen LogP contribution in [0.15, 0.2) is 30.6 Å². The molecule has 1 saturated carbocycles. The van der Waals surface area contributed by atoms with Gasteiger partial charge in [0.25, 0.3) is 0 Å². The molecule has 1 aromatic carbocycles. The number of hydrogen-bond donors (Lipinski definition) is 0. The number of carbonyl (C=O) groups is 1. The first kappa shape index (κ1) is 15.4. The van der Waals surface area contributed by atoms with Gasteiger partial charge in [0.15, 0.2) is 0 Å². The van der Waals surface area contributed by atoms with Crippen molar-refractivity contribution in [2.45, 2.75) is 45.1 Å². The monoisotopic (exact) mass is 323 g/mol. The molecule has 4 heteroatoms. The molecule has 0 N–H and O–H groups in total. The first-order chi connectivity index (χ1) is 11.5. The van der Waals surface area contributed by atoms with Crippen molar-refractivity contribution in [3.05, 3.63) is 52.8 Å². The Labute approximate surface area is 143 Å². The van der Waals surface area contributed by atoms with Crippen molar-refractivity contribution in [3.8, 4) is 0 Å². The highest BCUT2D eigenvalue weighted by Crippen LogP contribution is 2.50. The molecule has 126 valence electrons. The third-order valence-corrected chi connectivity index (χ3v) is 5.71. The highest BCUT2D eigenvalue weighted by atomic mass is 16.2. The first-order valence-electron chi connectivity index (χ1n) is 8.91. The van der Waals surface area contributed by atoms with Crippen molar-refractivity contribution in [3.63, 3.8) is 0 Å². The molecule has 2 aromatic rings. The fraction of sp³-hybridized carbons (Fsp3) is 0.500. The maximum atomic E-state index is 13.0. The molecule has 0 unspecified atom stereocenters. The molecular formula is C20H25N3O. The Hall–Kier alpha value is -2.10. The van der Waals surface area contributed by atoms with Gasteiger partial charge in [-0.2, -0.15) is 5.10 Å². The van der Waals surface area contributed by atoms with Crippen LogP contribution in [0.25, 0.3) is 0 Å². The van der Waals surface area contributed by atoms with E-state index in [1.165, 1.54) is 22.3 Å².